The molecule has 2 aromatic rings. The third-order valence-corrected chi connectivity index (χ3v) is 3.63. The fraction of sp³-hybridized carbons (Fsp3) is 0.158. The normalized spacial score (nSPS) is 10.4. The summed E-state index contributed by atoms with van der Waals surface area (Å²) in [4.78, 5) is 23.5. The monoisotopic (exact) mass is 374 g/mol. The van der Waals surface area contributed by atoms with Crippen LogP contribution < -0.4 is 20.3 Å². The van der Waals surface area contributed by atoms with E-state index in [0.29, 0.717) is 16.5 Å². The van der Waals surface area contributed by atoms with Crippen LogP contribution in [0.4, 0.5) is 0 Å². The minimum atomic E-state index is -0.514. The number of aryl methyl sites for hydroxylation is 1. The van der Waals surface area contributed by atoms with Gasteiger partial charge in [-0.05, 0) is 37.3 Å². The fourth-order valence-electron chi connectivity index (χ4n) is 2.06. The zero-order valence-electron chi connectivity index (χ0n) is 14.4. The SMILES string of the molecule is COc1ccc(C)cc1/C=C/C(=O)NNC(=O)COc1ccccc1Cl. The van der Waals surface area contributed by atoms with Gasteiger partial charge < -0.3 is 9.47 Å². The summed E-state index contributed by atoms with van der Waals surface area (Å²) in [6, 6.07) is 12.4. The van der Waals surface area contributed by atoms with E-state index in [4.69, 9.17) is 21.1 Å². The Morgan fingerprint density at radius 1 is 1.12 bits per heavy atom. The molecule has 0 spiro atoms. The molecule has 0 bridgehead atoms. The van der Waals surface area contributed by atoms with E-state index in [2.05, 4.69) is 10.9 Å². The molecule has 2 aromatic carbocycles. The summed E-state index contributed by atoms with van der Waals surface area (Å²) in [6.07, 6.45) is 2.90. The molecule has 2 amide bonds. The van der Waals surface area contributed by atoms with Gasteiger partial charge in [-0.2, -0.15) is 0 Å². The molecule has 0 aliphatic carbocycles. The number of halogens is 1. The molecule has 6 nitrogen and oxygen atoms in total. The Balaban J connectivity index is 1.82. The van der Waals surface area contributed by atoms with Gasteiger partial charge in [-0.25, -0.2) is 0 Å². The summed E-state index contributed by atoms with van der Waals surface area (Å²) in [6.45, 7) is 1.66. The van der Waals surface area contributed by atoms with Crippen LogP contribution in [0.1, 0.15) is 11.1 Å². The van der Waals surface area contributed by atoms with Crippen LogP contribution in [0.25, 0.3) is 6.08 Å². The maximum absolute atomic E-state index is 11.8. The highest BCUT2D eigenvalue weighted by molar-refractivity contribution is 6.32. The van der Waals surface area contributed by atoms with Crippen molar-refractivity contribution >= 4 is 29.5 Å². The second-order valence-electron chi connectivity index (χ2n) is 5.34. The lowest BCUT2D eigenvalue weighted by molar-refractivity contribution is -0.128. The highest BCUT2D eigenvalue weighted by atomic mass is 35.5. The van der Waals surface area contributed by atoms with Crippen molar-refractivity contribution in [1.82, 2.24) is 10.9 Å². The van der Waals surface area contributed by atoms with Crippen LogP contribution in [0.5, 0.6) is 11.5 Å². The molecule has 0 saturated heterocycles. The summed E-state index contributed by atoms with van der Waals surface area (Å²) >= 11 is 5.92. The Morgan fingerprint density at radius 3 is 2.62 bits per heavy atom. The van der Waals surface area contributed by atoms with E-state index in [9.17, 15) is 9.59 Å². The van der Waals surface area contributed by atoms with Crippen molar-refractivity contribution < 1.29 is 19.1 Å². The van der Waals surface area contributed by atoms with Crippen LogP contribution in [0.3, 0.4) is 0 Å². The maximum atomic E-state index is 11.8. The lowest BCUT2D eigenvalue weighted by atomic mass is 10.1. The smallest absolute Gasteiger partial charge is 0.276 e. The predicted molar refractivity (Wildman–Crippen MR) is 100.0 cm³/mol. The van der Waals surface area contributed by atoms with Crippen molar-refractivity contribution in [3.8, 4) is 11.5 Å². The van der Waals surface area contributed by atoms with E-state index in [1.807, 2.05) is 25.1 Å². The van der Waals surface area contributed by atoms with E-state index < -0.39 is 11.8 Å². The second-order valence-corrected chi connectivity index (χ2v) is 5.74. The quantitative estimate of drug-likeness (QED) is 0.602. The van der Waals surface area contributed by atoms with E-state index in [0.717, 1.165) is 11.1 Å². The van der Waals surface area contributed by atoms with Crippen molar-refractivity contribution in [3.63, 3.8) is 0 Å². The number of hydrogen-bond acceptors (Lipinski definition) is 4. The Morgan fingerprint density at radius 2 is 1.88 bits per heavy atom. The van der Waals surface area contributed by atoms with Crippen molar-refractivity contribution in [2.24, 2.45) is 0 Å². The molecule has 7 heteroatoms. The number of benzene rings is 2. The van der Waals surface area contributed by atoms with Gasteiger partial charge in [-0.15, -0.1) is 0 Å². The number of carbonyl (C=O) groups is 2. The second kappa shape index (κ2) is 9.48. The number of amides is 2. The van der Waals surface area contributed by atoms with Gasteiger partial charge in [0.15, 0.2) is 6.61 Å². The van der Waals surface area contributed by atoms with E-state index in [1.54, 1.807) is 37.5 Å². The molecule has 2 N–H and O–H groups in total. The first kappa shape index (κ1) is 19.3. The van der Waals surface area contributed by atoms with E-state index in [-0.39, 0.29) is 6.61 Å². The van der Waals surface area contributed by atoms with Gasteiger partial charge in [0.05, 0.1) is 12.1 Å². The molecule has 0 aromatic heterocycles. The minimum Gasteiger partial charge on any atom is -0.496 e. The highest BCUT2D eigenvalue weighted by Crippen LogP contribution is 2.23. The molecular weight excluding hydrogens is 356 g/mol. The molecule has 26 heavy (non-hydrogen) atoms. The molecule has 0 aliphatic heterocycles. The average molecular weight is 375 g/mol. The molecule has 2 rings (SSSR count). The summed E-state index contributed by atoms with van der Waals surface area (Å²) in [7, 11) is 1.56. The minimum absolute atomic E-state index is 0.278. The molecule has 0 atom stereocenters. The molecule has 136 valence electrons. The number of nitrogens with one attached hydrogen (secondary N) is 2. The number of hydrogen-bond donors (Lipinski definition) is 2. The third-order valence-electron chi connectivity index (χ3n) is 3.32. The zero-order valence-corrected chi connectivity index (χ0v) is 15.2. The number of carbonyl (C=O) groups excluding carboxylic acids is 2. The third kappa shape index (κ3) is 5.82. The first-order valence-electron chi connectivity index (χ1n) is 7.78. The van der Waals surface area contributed by atoms with Crippen LogP contribution in [0.2, 0.25) is 5.02 Å². The first-order valence-corrected chi connectivity index (χ1v) is 8.16. The fourth-order valence-corrected chi connectivity index (χ4v) is 2.25. The molecule has 0 radical (unpaired) electrons. The topological polar surface area (TPSA) is 76.7 Å². The lowest BCUT2D eigenvalue weighted by Crippen LogP contribution is -2.43. The average Bonchev–Trinajstić information content (AvgIpc) is 2.64. The lowest BCUT2D eigenvalue weighted by Gasteiger charge is -2.09. The van der Waals surface area contributed by atoms with Gasteiger partial charge in [0, 0.05) is 11.6 Å². The van der Waals surface area contributed by atoms with Gasteiger partial charge in [-0.3, -0.25) is 20.4 Å². The highest BCUT2D eigenvalue weighted by Gasteiger charge is 2.06. The molecule has 0 unspecified atom stereocenters. The standard InChI is InChI=1S/C19H19ClN2O4/c1-13-7-9-16(25-2)14(11-13)8-10-18(23)21-22-19(24)12-26-17-6-4-3-5-15(17)20/h3-11H,12H2,1-2H3,(H,21,23)(H,22,24)/b10-8+. The van der Waals surface area contributed by atoms with Crippen molar-refractivity contribution in [2.75, 3.05) is 13.7 Å². The molecule has 0 fully saturated rings. The van der Waals surface area contributed by atoms with Gasteiger partial charge >= 0.3 is 0 Å². The first-order chi connectivity index (χ1) is 12.5. The Labute approximate surface area is 156 Å². The van der Waals surface area contributed by atoms with Gasteiger partial charge in [0.25, 0.3) is 11.8 Å². The summed E-state index contributed by atoms with van der Waals surface area (Å²) < 4.78 is 10.5. The molecule has 0 heterocycles. The van der Waals surface area contributed by atoms with Gasteiger partial charge in [-0.1, -0.05) is 35.4 Å². The Hall–Kier alpha value is -2.99. The van der Waals surface area contributed by atoms with Crippen LogP contribution in [-0.2, 0) is 9.59 Å². The van der Waals surface area contributed by atoms with E-state index in [1.165, 1.54) is 6.08 Å². The molecule has 0 saturated carbocycles. The summed E-state index contributed by atoms with van der Waals surface area (Å²) in [5, 5.41) is 0.402. The summed E-state index contributed by atoms with van der Waals surface area (Å²) in [5.41, 5.74) is 6.33. The maximum Gasteiger partial charge on any atom is 0.276 e. The largest absolute Gasteiger partial charge is 0.496 e. The molecule has 0 aliphatic rings. The van der Waals surface area contributed by atoms with Gasteiger partial charge in [0.2, 0.25) is 0 Å². The Bertz CT molecular complexity index is 821. The summed E-state index contributed by atoms with van der Waals surface area (Å²) in [5.74, 6) is 0.0402. The van der Waals surface area contributed by atoms with Crippen molar-refractivity contribution in [1.29, 1.82) is 0 Å². The van der Waals surface area contributed by atoms with Crippen molar-refractivity contribution in [3.05, 3.63) is 64.7 Å². The number of methoxy groups -OCH3 is 1. The predicted octanol–water partition coefficient (Wildman–Crippen LogP) is 2.90. The number of rotatable bonds is 6. The van der Waals surface area contributed by atoms with Crippen LogP contribution >= 0.6 is 11.6 Å². The Kier molecular flexibility index (Phi) is 7.05. The number of hydrazine groups is 1. The van der Waals surface area contributed by atoms with Crippen molar-refractivity contribution in [2.45, 2.75) is 6.92 Å². The zero-order chi connectivity index (χ0) is 18.9. The van der Waals surface area contributed by atoms with Crippen LogP contribution in [0.15, 0.2) is 48.5 Å². The van der Waals surface area contributed by atoms with Gasteiger partial charge in [0.1, 0.15) is 11.5 Å². The number of ether oxygens (including phenoxy) is 2. The van der Waals surface area contributed by atoms with E-state index >= 15 is 0 Å². The molecular formula is C19H19ClN2O4. The number of para-hydroxylation sites is 1. The van der Waals surface area contributed by atoms with Crippen LogP contribution in [0, 0.1) is 6.92 Å². The van der Waals surface area contributed by atoms with Crippen LogP contribution in [-0.4, -0.2) is 25.5 Å².